The van der Waals surface area contributed by atoms with Crippen molar-refractivity contribution < 1.29 is 0 Å². The van der Waals surface area contributed by atoms with E-state index in [-0.39, 0.29) is 0 Å². The molecule has 0 unspecified atom stereocenters. The van der Waals surface area contributed by atoms with E-state index >= 15 is 0 Å². The monoisotopic (exact) mass is 211 g/mol. The number of pyridine rings is 1. The molecule has 3 heterocycles. The average Bonchev–Trinajstić information content (AvgIpc) is 2.74. The number of nitrogens with two attached hydrogens (primary N) is 1. The molecule has 0 saturated carbocycles. The summed E-state index contributed by atoms with van der Waals surface area (Å²) in [5.74, 6) is 0.418. The Kier molecular flexibility index (Phi) is 1.83. The normalized spacial score (nSPS) is 10.8. The molecule has 0 radical (unpaired) electrons. The first kappa shape index (κ1) is 8.84. The Balaban J connectivity index is 2.31. The Hall–Kier alpha value is -2.43. The number of anilines is 1. The average molecular weight is 211 g/mol. The lowest BCUT2D eigenvalue weighted by atomic mass is 10.2. The van der Waals surface area contributed by atoms with Crippen molar-refractivity contribution in [1.82, 2.24) is 19.6 Å². The maximum absolute atomic E-state index is 5.79. The third-order valence-electron chi connectivity index (χ3n) is 2.41. The molecular weight excluding hydrogens is 202 g/mol. The molecule has 0 aliphatic carbocycles. The van der Waals surface area contributed by atoms with Gasteiger partial charge in [-0.05, 0) is 12.1 Å². The van der Waals surface area contributed by atoms with Crippen LogP contribution in [0.15, 0.2) is 43.0 Å². The van der Waals surface area contributed by atoms with E-state index in [0.717, 1.165) is 11.1 Å². The Morgan fingerprint density at radius 1 is 1.12 bits per heavy atom. The summed E-state index contributed by atoms with van der Waals surface area (Å²) in [4.78, 5) is 8.25. The minimum absolute atomic E-state index is 0.418. The summed E-state index contributed by atoms with van der Waals surface area (Å²) in [6.07, 6.45) is 6.82. The Morgan fingerprint density at radius 3 is 2.88 bits per heavy atom. The Labute approximate surface area is 91.6 Å². The second-order valence-electron chi connectivity index (χ2n) is 3.38. The third-order valence-corrected chi connectivity index (χ3v) is 2.41. The molecule has 0 atom stereocenters. The smallest absolute Gasteiger partial charge is 0.150 e. The fourth-order valence-corrected chi connectivity index (χ4v) is 1.67. The summed E-state index contributed by atoms with van der Waals surface area (Å²) in [7, 11) is 0. The van der Waals surface area contributed by atoms with E-state index in [9.17, 15) is 0 Å². The van der Waals surface area contributed by atoms with Crippen molar-refractivity contribution in [2.75, 3.05) is 5.73 Å². The lowest BCUT2D eigenvalue weighted by Gasteiger charge is -2.00. The molecule has 3 aromatic heterocycles. The molecule has 2 N–H and O–H groups in total. The maximum Gasteiger partial charge on any atom is 0.150 e. The molecule has 0 aromatic carbocycles. The van der Waals surface area contributed by atoms with Gasteiger partial charge < -0.3 is 5.73 Å². The molecule has 0 spiro atoms. The highest BCUT2D eigenvalue weighted by Crippen LogP contribution is 2.25. The fourth-order valence-electron chi connectivity index (χ4n) is 1.67. The Morgan fingerprint density at radius 2 is 2.00 bits per heavy atom. The van der Waals surface area contributed by atoms with Gasteiger partial charge in [-0.25, -0.2) is 9.50 Å². The maximum atomic E-state index is 5.79. The standard InChI is InChI=1S/C11H9N5/c12-11-10(13-4-5-14-11)8-7-15-16-6-2-1-3-9(8)16/h1-7H,(H2,12,14). The van der Waals surface area contributed by atoms with E-state index < -0.39 is 0 Å². The minimum atomic E-state index is 0.418. The topological polar surface area (TPSA) is 69.1 Å². The molecule has 5 nitrogen and oxygen atoms in total. The van der Waals surface area contributed by atoms with Crippen LogP contribution in [0.3, 0.4) is 0 Å². The summed E-state index contributed by atoms with van der Waals surface area (Å²) in [5.41, 5.74) is 8.32. The van der Waals surface area contributed by atoms with Crippen LogP contribution in [0.4, 0.5) is 5.82 Å². The van der Waals surface area contributed by atoms with Crippen molar-refractivity contribution in [3.05, 3.63) is 43.0 Å². The first-order valence-electron chi connectivity index (χ1n) is 4.85. The van der Waals surface area contributed by atoms with E-state index in [1.807, 2.05) is 24.4 Å². The quantitative estimate of drug-likeness (QED) is 0.660. The van der Waals surface area contributed by atoms with Crippen molar-refractivity contribution in [3.8, 4) is 11.3 Å². The molecule has 0 fully saturated rings. The van der Waals surface area contributed by atoms with E-state index in [0.29, 0.717) is 11.5 Å². The highest BCUT2D eigenvalue weighted by atomic mass is 15.2. The summed E-state index contributed by atoms with van der Waals surface area (Å²) in [6.45, 7) is 0. The number of hydrogen-bond donors (Lipinski definition) is 1. The molecule has 0 aliphatic rings. The van der Waals surface area contributed by atoms with Gasteiger partial charge in [0.25, 0.3) is 0 Å². The van der Waals surface area contributed by atoms with Gasteiger partial charge in [0.2, 0.25) is 0 Å². The van der Waals surface area contributed by atoms with Crippen LogP contribution in [-0.4, -0.2) is 19.6 Å². The van der Waals surface area contributed by atoms with E-state index in [2.05, 4.69) is 15.1 Å². The number of aromatic nitrogens is 4. The first-order valence-corrected chi connectivity index (χ1v) is 4.85. The highest BCUT2D eigenvalue weighted by Gasteiger charge is 2.10. The van der Waals surface area contributed by atoms with Crippen molar-refractivity contribution >= 4 is 11.3 Å². The highest BCUT2D eigenvalue weighted by molar-refractivity contribution is 5.82. The first-order chi connectivity index (χ1) is 7.86. The zero-order valence-corrected chi connectivity index (χ0v) is 8.41. The summed E-state index contributed by atoms with van der Waals surface area (Å²) in [5, 5.41) is 4.23. The zero-order chi connectivity index (χ0) is 11.0. The van der Waals surface area contributed by atoms with Gasteiger partial charge in [-0.2, -0.15) is 5.10 Å². The molecule has 78 valence electrons. The van der Waals surface area contributed by atoms with Gasteiger partial charge in [-0.1, -0.05) is 6.07 Å². The molecule has 0 amide bonds. The second kappa shape index (κ2) is 3.30. The summed E-state index contributed by atoms with van der Waals surface area (Å²) >= 11 is 0. The van der Waals surface area contributed by atoms with Crippen molar-refractivity contribution in [2.24, 2.45) is 0 Å². The van der Waals surface area contributed by atoms with Gasteiger partial charge >= 0.3 is 0 Å². The number of rotatable bonds is 1. The molecule has 0 saturated heterocycles. The van der Waals surface area contributed by atoms with Crippen LogP contribution in [0.25, 0.3) is 16.8 Å². The zero-order valence-electron chi connectivity index (χ0n) is 8.41. The molecule has 5 heteroatoms. The second-order valence-corrected chi connectivity index (χ2v) is 3.38. The van der Waals surface area contributed by atoms with E-state index in [1.54, 1.807) is 23.1 Å². The SMILES string of the molecule is Nc1nccnc1-c1cnn2ccccc12. The number of hydrogen-bond acceptors (Lipinski definition) is 4. The van der Waals surface area contributed by atoms with E-state index in [4.69, 9.17) is 5.73 Å². The molecule has 0 bridgehead atoms. The van der Waals surface area contributed by atoms with Gasteiger partial charge in [0, 0.05) is 24.2 Å². The molecule has 16 heavy (non-hydrogen) atoms. The van der Waals surface area contributed by atoms with Crippen molar-refractivity contribution in [3.63, 3.8) is 0 Å². The van der Waals surface area contributed by atoms with Crippen LogP contribution in [0.2, 0.25) is 0 Å². The van der Waals surface area contributed by atoms with Crippen LogP contribution < -0.4 is 5.73 Å². The summed E-state index contributed by atoms with van der Waals surface area (Å²) in [6, 6.07) is 5.84. The fraction of sp³-hybridized carbons (Fsp3) is 0. The molecular formula is C11H9N5. The van der Waals surface area contributed by atoms with Gasteiger partial charge in [0.05, 0.1) is 11.7 Å². The minimum Gasteiger partial charge on any atom is -0.382 e. The molecule has 0 aliphatic heterocycles. The van der Waals surface area contributed by atoms with Crippen LogP contribution >= 0.6 is 0 Å². The largest absolute Gasteiger partial charge is 0.382 e. The van der Waals surface area contributed by atoms with Crippen LogP contribution in [0, 0.1) is 0 Å². The third kappa shape index (κ3) is 1.22. The van der Waals surface area contributed by atoms with Gasteiger partial charge in [-0.15, -0.1) is 0 Å². The number of fused-ring (bicyclic) bond motifs is 1. The lowest BCUT2D eigenvalue weighted by molar-refractivity contribution is 0.961. The summed E-state index contributed by atoms with van der Waals surface area (Å²) < 4.78 is 1.78. The predicted molar refractivity (Wildman–Crippen MR) is 60.6 cm³/mol. The van der Waals surface area contributed by atoms with Gasteiger partial charge in [-0.3, -0.25) is 4.98 Å². The number of nitrogens with zero attached hydrogens (tertiary/aromatic N) is 4. The predicted octanol–water partition coefficient (Wildman–Crippen LogP) is 1.37. The van der Waals surface area contributed by atoms with Crippen LogP contribution in [-0.2, 0) is 0 Å². The van der Waals surface area contributed by atoms with Crippen molar-refractivity contribution in [2.45, 2.75) is 0 Å². The number of nitrogen functional groups attached to an aromatic ring is 1. The van der Waals surface area contributed by atoms with Crippen molar-refractivity contribution in [1.29, 1.82) is 0 Å². The van der Waals surface area contributed by atoms with Gasteiger partial charge in [0.1, 0.15) is 11.5 Å². The molecule has 3 aromatic rings. The Bertz CT molecular complexity index is 643. The lowest BCUT2D eigenvalue weighted by Crippen LogP contribution is -1.95. The van der Waals surface area contributed by atoms with Gasteiger partial charge in [0.15, 0.2) is 0 Å². The molecule has 3 rings (SSSR count). The van der Waals surface area contributed by atoms with Crippen LogP contribution in [0.5, 0.6) is 0 Å². The van der Waals surface area contributed by atoms with Crippen LogP contribution in [0.1, 0.15) is 0 Å². The van der Waals surface area contributed by atoms with E-state index in [1.165, 1.54) is 0 Å².